The number of hydrogen-bond donors (Lipinski definition) is 0. The predicted octanol–water partition coefficient (Wildman–Crippen LogP) is 2.76. The predicted molar refractivity (Wildman–Crippen MR) is 58.8 cm³/mol. The molecule has 0 aliphatic carbocycles. The third-order valence-electron chi connectivity index (χ3n) is 2.35. The summed E-state index contributed by atoms with van der Waals surface area (Å²) in [7, 11) is 0. The molecule has 1 aromatic heterocycles. The summed E-state index contributed by atoms with van der Waals surface area (Å²) in [5.41, 5.74) is 0.979. The van der Waals surface area contributed by atoms with Crippen molar-refractivity contribution < 1.29 is 9.18 Å². The van der Waals surface area contributed by atoms with Crippen LogP contribution in [0.25, 0.3) is 0 Å². The van der Waals surface area contributed by atoms with Crippen LogP contribution in [0.5, 0.6) is 0 Å². The molecule has 0 amide bonds. The largest absolute Gasteiger partial charge is 0.287 e. The lowest BCUT2D eigenvalue weighted by Crippen LogP contribution is -2.08. The van der Waals surface area contributed by atoms with Crippen LogP contribution >= 0.6 is 0 Å². The number of carbonyl (C=O) groups is 1. The van der Waals surface area contributed by atoms with Gasteiger partial charge in [-0.15, -0.1) is 0 Å². The number of aromatic nitrogens is 1. The molecule has 0 aliphatic rings. The zero-order chi connectivity index (χ0) is 11.5. The molecular weight excluding hydrogens is 205 g/mol. The maximum Gasteiger partial charge on any atom is 0.214 e. The van der Waals surface area contributed by atoms with Crippen molar-refractivity contribution in [2.45, 2.75) is 6.92 Å². The second-order valence-electron chi connectivity index (χ2n) is 3.48. The number of carbonyl (C=O) groups excluding carboxylic acids is 1. The summed E-state index contributed by atoms with van der Waals surface area (Å²) in [5.74, 6) is -0.883. The maximum atomic E-state index is 13.5. The Morgan fingerprint density at radius 2 is 2.00 bits per heavy atom. The highest BCUT2D eigenvalue weighted by molar-refractivity contribution is 6.08. The number of ketones is 1. The van der Waals surface area contributed by atoms with Gasteiger partial charge in [-0.05, 0) is 30.7 Å². The minimum atomic E-state index is -0.504. The van der Waals surface area contributed by atoms with Crippen LogP contribution in [-0.2, 0) is 0 Å². The standard InChI is InChI=1S/C13H10FNO/c1-9-5-4-6-10(14)12(9)13(16)11-7-2-3-8-15-11/h2-8H,1H3. The molecule has 0 saturated carbocycles. The average molecular weight is 215 g/mol. The van der Waals surface area contributed by atoms with Crippen LogP contribution in [0.3, 0.4) is 0 Å². The Labute approximate surface area is 92.8 Å². The van der Waals surface area contributed by atoms with Gasteiger partial charge in [-0.2, -0.15) is 0 Å². The van der Waals surface area contributed by atoms with E-state index < -0.39 is 5.82 Å². The van der Waals surface area contributed by atoms with Crippen LogP contribution in [0.1, 0.15) is 21.6 Å². The van der Waals surface area contributed by atoms with Crippen LogP contribution in [0.2, 0.25) is 0 Å². The van der Waals surface area contributed by atoms with E-state index in [1.54, 1.807) is 37.3 Å². The van der Waals surface area contributed by atoms with E-state index in [1.165, 1.54) is 12.3 Å². The Morgan fingerprint density at radius 3 is 2.62 bits per heavy atom. The molecule has 2 rings (SSSR count). The fourth-order valence-corrected chi connectivity index (χ4v) is 1.54. The van der Waals surface area contributed by atoms with Crippen molar-refractivity contribution in [2.24, 2.45) is 0 Å². The molecular formula is C13H10FNO. The highest BCUT2D eigenvalue weighted by Crippen LogP contribution is 2.16. The first kappa shape index (κ1) is 10.5. The topological polar surface area (TPSA) is 30.0 Å². The third-order valence-corrected chi connectivity index (χ3v) is 2.35. The summed E-state index contributed by atoms with van der Waals surface area (Å²) < 4.78 is 13.5. The second kappa shape index (κ2) is 4.23. The normalized spacial score (nSPS) is 10.1. The minimum absolute atomic E-state index is 0.0983. The molecule has 0 fully saturated rings. The highest BCUT2D eigenvalue weighted by Gasteiger charge is 2.16. The minimum Gasteiger partial charge on any atom is -0.287 e. The Morgan fingerprint density at radius 1 is 1.19 bits per heavy atom. The van der Waals surface area contributed by atoms with E-state index in [-0.39, 0.29) is 17.0 Å². The monoisotopic (exact) mass is 215 g/mol. The summed E-state index contributed by atoms with van der Waals surface area (Å²) in [6.45, 7) is 1.71. The molecule has 0 radical (unpaired) electrons. The summed E-state index contributed by atoms with van der Waals surface area (Å²) in [5, 5.41) is 0. The van der Waals surface area contributed by atoms with E-state index in [0.717, 1.165) is 0 Å². The van der Waals surface area contributed by atoms with Crippen molar-refractivity contribution in [1.82, 2.24) is 4.98 Å². The van der Waals surface area contributed by atoms with Gasteiger partial charge in [0.15, 0.2) is 0 Å². The Kier molecular flexibility index (Phi) is 2.77. The number of nitrogens with zero attached hydrogens (tertiary/aromatic N) is 1. The molecule has 2 nitrogen and oxygen atoms in total. The van der Waals surface area contributed by atoms with Gasteiger partial charge >= 0.3 is 0 Å². The van der Waals surface area contributed by atoms with E-state index in [0.29, 0.717) is 5.56 Å². The number of pyridine rings is 1. The molecule has 0 spiro atoms. The molecule has 0 N–H and O–H groups in total. The van der Waals surface area contributed by atoms with Gasteiger partial charge in [0.2, 0.25) is 5.78 Å². The van der Waals surface area contributed by atoms with Gasteiger partial charge < -0.3 is 0 Å². The molecule has 16 heavy (non-hydrogen) atoms. The molecule has 0 unspecified atom stereocenters. The molecule has 1 aromatic carbocycles. The Hall–Kier alpha value is -2.03. The molecule has 0 aliphatic heterocycles. The fraction of sp³-hybridized carbons (Fsp3) is 0.0769. The summed E-state index contributed by atoms with van der Waals surface area (Å²) in [6, 6.07) is 9.57. The van der Waals surface area contributed by atoms with Crippen LogP contribution in [-0.4, -0.2) is 10.8 Å². The number of hydrogen-bond acceptors (Lipinski definition) is 2. The van der Waals surface area contributed by atoms with Crippen LogP contribution in [0, 0.1) is 12.7 Å². The van der Waals surface area contributed by atoms with Gasteiger partial charge in [-0.3, -0.25) is 9.78 Å². The summed E-state index contributed by atoms with van der Waals surface area (Å²) in [6.07, 6.45) is 1.52. The Balaban J connectivity index is 2.50. The van der Waals surface area contributed by atoms with E-state index in [1.807, 2.05) is 0 Å². The van der Waals surface area contributed by atoms with Crippen molar-refractivity contribution in [2.75, 3.05) is 0 Å². The van der Waals surface area contributed by atoms with Gasteiger partial charge in [0.05, 0.1) is 5.56 Å². The first-order valence-electron chi connectivity index (χ1n) is 4.91. The van der Waals surface area contributed by atoms with E-state index in [4.69, 9.17) is 0 Å². The van der Waals surface area contributed by atoms with Crippen molar-refractivity contribution in [3.8, 4) is 0 Å². The average Bonchev–Trinajstić information content (AvgIpc) is 2.30. The van der Waals surface area contributed by atoms with Gasteiger partial charge in [-0.25, -0.2) is 4.39 Å². The molecule has 0 atom stereocenters. The first-order chi connectivity index (χ1) is 7.70. The van der Waals surface area contributed by atoms with Crippen molar-refractivity contribution in [3.63, 3.8) is 0 Å². The molecule has 1 heterocycles. The number of benzene rings is 1. The fourth-order valence-electron chi connectivity index (χ4n) is 1.54. The van der Waals surface area contributed by atoms with Crippen LogP contribution in [0.15, 0.2) is 42.6 Å². The van der Waals surface area contributed by atoms with E-state index >= 15 is 0 Å². The van der Waals surface area contributed by atoms with Gasteiger partial charge in [0.25, 0.3) is 0 Å². The highest BCUT2D eigenvalue weighted by atomic mass is 19.1. The Bertz CT molecular complexity index is 502. The number of aryl methyl sites for hydroxylation is 1. The quantitative estimate of drug-likeness (QED) is 0.721. The van der Waals surface area contributed by atoms with Crippen LogP contribution < -0.4 is 0 Å². The van der Waals surface area contributed by atoms with Crippen LogP contribution in [0.4, 0.5) is 4.39 Å². The van der Waals surface area contributed by atoms with Gasteiger partial charge in [-0.1, -0.05) is 18.2 Å². The van der Waals surface area contributed by atoms with E-state index in [2.05, 4.69) is 4.98 Å². The summed E-state index contributed by atoms with van der Waals surface area (Å²) >= 11 is 0. The lowest BCUT2D eigenvalue weighted by Gasteiger charge is -2.05. The molecule has 80 valence electrons. The molecule has 3 heteroatoms. The smallest absolute Gasteiger partial charge is 0.214 e. The third kappa shape index (κ3) is 1.84. The summed E-state index contributed by atoms with van der Waals surface area (Å²) in [4.78, 5) is 15.9. The first-order valence-corrected chi connectivity index (χ1v) is 4.91. The molecule has 0 bridgehead atoms. The number of halogens is 1. The maximum absolute atomic E-state index is 13.5. The number of rotatable bonds is 2. The zero-order valence-corrected chi connectivity index (χ0v) is 8.77. The van der Waals surface area contributed by atoms with Crippen molar-refractivity contribution in [1.29, 1.82) is 0 Å². The van der Waals surface area contributed by atoms with Crippen molar-refractivity contribution in [3.05, 3.63) is 65.2 Å². The lowest BCUT2D eigenvalue weighted by molar-refractivity contribution is 0.103. The van der Waals surface area contributed by atoms with E-state index in [9.17, 15) is 9.18 Å². The second-order valence-corrected chi connectivity index (χ2v) is 3.48. The molecule has 2 aromatic rings. The van der Waals surface area contributed by atoms with Gasteiger partial charge in [0.1, 0.15) is 11.5 Å². The zero-order valence-electron chi connectivity index (χ0n) is 8.77. The van der Waals surface area contributed by atoms with Crippen molar-refractivity contribution >= 4 is 5.78 Å². The van der Waals surface area contributed by atoms with Gasteiger partial charge in [0, 0.05) is 6.20 Å². The lowest BCUT2D eigenvalue weighted by atomic mass is 10.0. The SMILES string of the molecule is Cc1cccc(F)c1C(=O)c1ccccn1. The molecule has 0 saturated heterocycles.